The predicted molar refractivity (Wildman–Crippen MR) is 128 cm³/mol. The molecule has 174 valence electrons. The molecule has 9 heteroatoms. The van der Waals surface area contributed by atoms with Crippen LogP contribution in [0.15, 0.2) is 77.5 Å². The summed E-state index contributed by atoms with van der Waals surface area (Å²) in [5, 5.41) is 15.3. The van der Waals surface area contributed by atoms with Gasteiger partial charge in [0.05, 0.1) is 18.6 Å². The molecule has 0 radical (unpaired) electrons. The monoisotopic (exact) mass is 476 g/mol. The molecule has 1 fully saturated rings. The summed E-state index contributed by atoms with van der Waals surface area (Å²) in [6.45, 7) is 1.74. The first kappa shape index (κ1) is 22.3. The Balaban J connectivity index is 1.27. The predicted octanol–water partition coefficient (Wildman–Crippen LogP) is 3.76. The van der Waals surface area contributed by atoms with Gasteiger partial charge < -0.3 is 9.73 Å². The van der Waals surface area contributed by atoms with Crippen LogP contribution in [0.1, 0.15) is 23.8 Å². The zero-order chi connectivity index (χ0) is 23.3. The summed E-state index contributed by atoms with van der Waals surface area (Å²) in [6.07, 6.45) is 3.02. The number of rotatable bonds is 8. The van der Waals surface area contributed by atoms with Crippen molar-refractivity contribution in [2.24, 2.45) is 0 Å². The second-order valence-corrected chi connectivity index (χ2v) is 8.86. The molecule has 1 aliphatic heterocycles. The standard InChI is InChI=1S/C25H25ClN6O2/c26-20-8-4-7-19(13-20)24-10-9-22(34-24)16-31-15-21(32-17-28-29-30-32)14-23(31)25(33)27-12-11-18-5-2-1-3-6-18/h1-10,13,17,21,23H,11-12,14-16H2,(H,27,33)/t21-,23+/m1/s1. The summed E-state index contributed by atoms with van der Waals surface area (Å²) in [4.78, 5) is 15.3. The number of amides is 1. The number of furan rings is 1. The zero-order valence-corrected chi connectivity index (χ0v) is 19.3. The lowest BCUT2D eigenvalue weighted by atomic mass is 10.1. The van der Waals surface area contributed by atoms with Gasteiger partial charge >= 0.3 is 0 Å². The molecule has 3 heterocycles. The van der Waals surface area contributed by atoms with Crippen molar-refractivity contribution >= 4 is 17.5 Å². The maximum atomic E-state index is 13.2. The van der Waals surface area contributed by atoms with Crippen LogP contribution in [0.3, 0.4) is 0 Å². The average molecular weight is 477 g/mol. The highest BCUT2D eigenvalue weighted by Gasteiger charge is 2.38. The van der Waals surface area contributed by atoms with Gasteiger partial charge in [-0.05, 0) is 53.1 Å². The molecule has 0 bridgehead atoms. The van der Waals surface area contributed by atoms with Gasteiger partial charge in [-0.1, -0.05) is 54.1 Å². The number of benzene rings is 2. The number of carbonyl (C=O) groups excluding carboxylic acids is 1. The molecule has 8 nitrogen and oxygen atoms in total. The van der Waals surface area contributed by atoms with E-state index in [4.69, 9.17) is 16.0 Å². The fourth-order valence-corrected chi connectivity index (χ4v) is 4.60. The van der Waals surface area contributed by atoms with Gasteiger partial charge in [-0.3, -0.25) is 9.69 Å². The molecule has 0 spiro atoms. The van der Waals surface area contributed by atoms with E-state index in [-0.39, 0.29) is 18.0 Å². The average Bonchev–Trinajstić information content (AvgIpc) is 3.61. The summed E-state index contributed by atoms with van der Waals surface area (Å²) in [5.74, 6) is 1.54. The van der Waals surface area contributed by atoms with Crippen molar-refractivity contribution in [1.82, 2.24) is 30.4 Å². The van der Waals surface area contributed by atoms with Crippen LogP contribution in [-0.4, -0.2) is 50.1 Å². The van der Waals surface area contributed by atoms with Crippen LogP contribution in [-0.2, 0) is 17.8 Å². The summed E-state index contributed by atoms with van der Waals surface area (Å²) >= 11 is 6.13. The molecule has 0 aliphatic carbocycles. The van der Waals surface area contributed by atoms with Crippen LogP contribution in [0.2, 0.25) is 5.02 Å². The highest BCUT2D eigenvalue weighted by Crippen LogP contribution is 2.30. The van der Waals surface area contributed by atoms with Crippen molar-refractivity contribution in [3.05, 3.63) is 89.4 Å². The van der Waals surface area contributed by atoms with Gasteiger partial charge in [-0.25, -0.2) is 4.68 Å². The maximum absolute atomic E-state index is 13.2. The van der Waals surface area contributed by atoms with Crippen molar-refractivity contribution in [1.29, 1.82) is 0 Å². The summed E-state index contributed by atoms with van der Waals surface area (Å²) in [7, 11) is 0. The van der Waals surface area contributed by atoms with Crippen molar-refractivity contribution in [3.63, 3.8) is 0 Å². The quantitative estimate of drug-likeness (QED) is 0.416. The van der Waals surface area contributed by atoms with E-state index in [9.17, 15) is 4.79 Å². The largest absolute Gasteiger partial charge is 0.460 e. The fraction of sp³-hybridized carbons (Fsp3) is 0.280. The van der Waals surface area contributed by atoms with Gasteiger partial charge in [0, 0.05) is 23.7 Å². The lowest BCUT2D eigenvalue weighted by Gasteiger charge is -2.22. The van der Waals surface area contributed by atoms with Crippen molar-refractivity contribution in [2.45, 2.75) is 31.5 Å². The van der Waals surface area contributed by atoms with Gasteiger partial charge in [0.25, 0.3) is 0 Å². The topological polar surface area (TPSA) is 89.1 Å². The van der Waals surface area contributed by atoms with Crippen molar-refractivity contribution in [3.8, 4) is 11.3 Å². The van der Waals surface area contributed by atoms with Crippen LogP contribution in [0.25, 0.3) is 11.3 Å². The Hall–Kier alpha value is -3.49. The van der Waals surface area contributed by atoms with E-state index in [0.717, 1.165) is 23.5 Å². The van der Waals surface area contributed by atoms with Crippen LogP contribution in [0.4, 0.5) is 0 Å². The molecule has 1 saturated heterocycles. The molecule has 0 unspecified atom stereocenters. The molecule has 1 amide bonds. The lowest BCUT2D eigenvalue weighted by Crippen LogP contribution is -2.43. The molecular formula is C25H25ClN6O2. The van der Waals surface area contributed by atoms with Gasteiger partial charge in [-0.15, -0.1) is 5.10 Å². The number of carbonyl (C=O) groups is 1. The summed E-state index contributed by atoms with van der Waals surface area (Å²) < 4.78 is 7.83. The van der Waals surface area contributed by atoms with Crippen LogP contribution in [0, 0.1) is 0 Å². The Kier molecular flexibility index (Phi) is 6.69. The number of likely N-dealkylation sites (tertiary alicyclic amines) is 1. The number of nitrogens with one attached hydrogen (secondary N) is 1. The van der Waals surface area contributed by atoms with Gasteiger partial charge in [0.15, 0.2) is 0 Å². The van der Waals surface area contributed by atoms with E-state index < -0.39 is 0 Å². The number of nitrogens with zero attached hydrogens (tertiary/aromatic N) is 5. The highest BCUT2D eigenvalue weighted by molar-refractivity contribution is 6.30. The second-order valence-electron chi connectivity index (χ2n) is 8.43. The first-order valence-electron chi connectivity index (χ1n) is 11.3. The molecule has 1 N–H and O–H groups in total. The molecule has 2 aromatic heterocycles. The number of tetrazole rings is 1. The number of hydrogen-bond donors (Lipinski definition) is 1. The molecule has 2 atom stereocenters. The van der Waals surface area contributed by atoms with E-state index in [2.05, 4.69) is 37.9 Å². The van der Waals surface area contributed by atoms with Crippen LogP contribution >= 0.6 is 11.6 Å². The maximum Gasteiger partial charge on any atom is 0.237 e. The molecule has 4 aromatic rings. The van der Waals surface area contributed by atoms with E-state index in [1.54, 1.807) is 11.0 Å². The van der Waals surface area contributed by atoms with Gasteiger partial charge in [0.2, 0.25) is 5.91 Å². The van der Waals surface area contributed by atoms with E-state index in [1.807, 2.05) is 54.6 Å². The minimum atomic E-state index is -0.301. The Labute approximate surface area is 202 Å². The molecule has 5 rings (SSSR count). The van der Waals surface area contributed by atoms with Gasteiger partial charge in [-0.2, -0.15) is 0 Å². The highest BCUT2D eigenvalue weighted by atomic mass is 35.5. The molecule has 0 saturated carbocycles. The Morgan fingerprint density at radius 1 is 1.12 bits per heavy atom. The number of hydrogen-bond acceptors (Lipinski definition) is 6. The van der Waals surface area contributed by atoms with E-state index >= 15 is 0 Å². The van der Waals surface area contributed by atoms with Crippen LogP contribution in [0.5, 0.6) is 0 Å². The third-order valence-electron chi connectivity index (χ3n) is 6.11. The van der Waals surface area contributed by atoms with E-state index in [0.29, 0.717) is 31.1 Å². The van der Waals surface area contributed by atoms with Crippen molar-refractivity contribution < 1.29 is 9.21 Å². The normalized spacial score (nSPS) is 18.3. The Bertz CT molecular complexity index is 1230. The first-order chi connectivity index (χ1) is 16.7. The molecular weight excluding hydrogens is 452 g/mol. The summed E-state index contributed by atoms with van der Waals surface area (Å²) in [6, 6.07) is 21.3. The first-order valence-corrected chi connectivity index (χ1v) is 11.7. The van der Waals surface area contributed by atoms with Gasteiger partial charge in [0.1, 0.15) is 17.8 Å². The summed E-state index contributed by atoms with van der Waals surface area (Å²) in [5.41, 5.74) is 2.11. The number of halogens is 1. The molecule has 1 aliphatic rings. The SMILES string of the molecule is O=C(NCCc1ccccc1)[C@@H]1C[C@@H](n2cnnn2)CN1Cc1ccc(-c2cccc(Cl)c2)o1. The Morgan fingerprint density at radius 2 is 2.00 bits per heavy atom. The molecule has 34 heavy (non-hydrogen) atoms. The van der Waals surface area contributed by atoms with E-state index in [1.165, 1.54) is 5.56 Å². The minimum absolute atomic E-state index is 0.00752. The second kappa shape index (κ2) is 10.2. The zero-order valence-electron chi connectivity index (χ0n) is 18.5. The minimum Gasteiger partial charge on any atom is -0.460 e. The fourth-order valence-electron chi connectivity index (χ4n) is 4.41. The Morgan fingerprint density at radius 3 is 2.79 bits per heavy atom. The van der Waals surface area contributed by atoms with Crippen LogP contribution < -0.4 is 5.32 Å². The third kappa shape index (κ3) is 5.18. The molecule has 2 aromatic carbocycles. The lowest BCUT2D eigenvalue weighted by molar-refractivity contribution is -0.125. The number of aromatic nitrogens is 4. The third-order valence-corrected chi connectivity index (χ3v) is 6.34. The smallest absolute Gasteiger partial charge is 0.237 e. The van der Waals surface area contributed by atoms with Crippen molar-refractivity contribution in [2.75, 3.05) is 13.1 Å².